The van der Waals surface area contributed by atoms with Gasteiger partial charge in [-0.1, -0.05) is 6.07 Å². The van der Waals surface area contributed by atoms with Crippen molar-refractivity contribution in [1.29, 1.82) is 0 Å². The van der Waals surface area contributed by atoms with Crippen LogP contribution in [-0.2, 0) is 0 Å². The molecule has 0 unspecified atom stereocenters. The number of carbonyl (C=O) groups excluding carboxylic acids is 2. The lowest BCUT2D eigenvalue weighted by Gasteiger charge is -2.10. The zero-order chi connectivity index (χ0) is 12.8. The van der Waals surface area contributed by atoms with Gasteiger partial charge in [-0.25, -0.2) is 9.59 Å². The first kappa shape index (κ1) is 12.8. The molecule has 0 radical (unpaired) electrons. The van der Waals surface area contributed by atoms with E-state index in [1.54, 1.807) is 25.1 Å². The predicted molar refractivity (Wildman–Crippen MR) is 61.3 cm³/mol. The summed E-state index contributed by atoms with van der Waals surface area (Å²) in [6, 6.07) is 4.85. The van der Waals surface area contributed by atoms with Gasteiger partial charge in [-0.05, 0) is 19.1 Å². The van der Waals surface area contributed by atoms with Crippen LogP contribution >= 0.6 is 0 Å². The number of ether oxygens (including phenoxy) is 2. The molecule has 0 aliphatic rings. The highest BCUT2D eigenvalue weighted by molar-refractivity contribution is 5.73. The van der Waals surface area contributed by atoms with E-state index >= 15 is 0 Å². The van der Waals surface area contributed by atoms with Crippen molar-refractivity contribution in [1.82, 2.24) is 10.6 Å². The van der Waals surface area contributed by atoms with Gasteiger partial charge in [0.05, 0.1) is 0 Å². The Morgan fingerprint density at radius 1 is 1.00 bits per heavy atom. The van der Waals surface area contributed by atoms with Crippen molar-refractivity contribution < 1.29 is 19.1 Å². The largest absolute Gasteiger partial charge is 0.412 e. The summed E-state index contributed by atoms with van der Waals surface area (Å²) in [5, 5.41) is 4.66. The molecule has 92 valence electrons. The Kier molecular flexibility index (Phi) is 4.33. The van der Waals surface area contributed by atoms with E-state index in [2.05, 4.69) is 10.6 Å². The van der Waals surface area contributed by atoms with Crippen LogP contribution in [0.5, 0.6) is 11.5 Å². The zero-order valence-electron chi connectivity index (χ0n) is 9.87. The summed E-state index contributed by atoms with van der Waals surface area (Å²) in [5.41, 5.74) is 0.569. The Morgan fingerprint density at radius 3 is 1.76 bits per heavy atom. The summed E-state index contributed by atoms with van der Waals surface area (Å²) < 4.78 is 9.98. The van der Waals surface area contributed by atoms with Crippen molar-refractivity contribution in [3.05, 3.63) is 23.8 Å². The van der Waals surface area contributed by atoms with E-state index in [1.807, 2.05) is 0 Å². The smallest absolute Gasteiger partial charge is 0.410 e. The number of carbonyl (C=O) groups is 2. The molecule has 2 amide bonds. The molecule has 0 fully saturated rings. The van der Waals surface area contributed by atoms with Gasteiger partial charge < -0.3 is 20.1 Å². The van der Waals surface area contributed by atoms with Crippen LogP contribution in [0, 0.1) is 6.92 Å². The summed E-state index contributed by atoms with van der Waals surface area (Å²) in [6.45, 7) is 1.69. The number of amides is 2. The van der Waals surface area contributed by atoms with Crippen LogP contribution in [0.25, 0.3) is 0 Å². The summed E-state index contributed by atoms with van der Waals surface area (Å²) >= 11 is 0. The van der Waals surface area contributed by atoms with Crippen molar-refractivity contribution in [2.75, 3.05) is 14.1 Å². The minimum Gasteiger partial charge on any atom is -0.410 e. The van der Waals surface area contributed by atoms with E-state index in [4.69, 9.17) is 9.47 Å². The van der Waals surface area contributed by atoms with Crippen LogP contribution in [0.1, 0.15) is 5.56 Å². The Balaban J connectivity index is 2.91. The molecule has 1 aromatic rings. The second-order valence-corrected chi connectivity index (χ2v) is 3.16. The van der Waals surface area contributed by atoms with E-state index < -0.39 is 12.2 Å². The minimum absolute atomic E-state index is 0.339. The standard InChI is InChI=1S/C11H14N2O4/c1-7-8(16-10(14)12-2)5-4-6-9(7)17-11(15)13-3/h4-6H,1-3H3,(H,12,14)(H,13,15). The summed E-state index contributed by atoms with van der Waals surface area (Å²) in [6.07, 6.45) is -1.16. The molecule has 0 spiro atoms. The monoisotopic (exact) mass is 238 g/mol. The van der Waals surface area contributed by atoms with Crippen molar-refractivity contribution in [2.24, 2.45) is 0 Å². The first-order valence-electron chi connectivity index (χ1n) is 4.97. The molecule has 17 heavy (non-hydrogen) atoms. The molecule has 6 nitrogen and oxygen atoms in total. The van der Waals surface area contributed by atoms with Crippen LogP contribution in [-0.4, -0.2) is 26.3 Å². The molecule has 0 atom stereocenters. The van der Waals surface area contributed by atoms with Gasteiger partial charge in [0.1, 0.15) is 11.5 Å². The predicted octanol–water partition coefficient (Wildman–Crippen LogP) is 1.43. The van der Waals surface area contributed by atoms with Crippen molar-refractivity contribution in [2.45, 2.75) is 6.92 Å². The van der Waals surface area contributed by atoms with Gasteiger partial charge >= 0.3 is 12.2 Å². The average molecular weight is 238 g/mol. The number of nitrogens with one attached hydrogen (secondary N) is 2. The van der Waals surface area contributed by atoms with E-state index in [1.165, 1.54) is 14.1 Å². The van der Waals surface area contributed by atoms with Gasteiger partial charge in [-0.3, -0.25) is 0 Å². The number of hydrogen-bond donors (Lipinski definition) is 2. The number of benzene rings is 1. The quantitative estimate of drug-likeness (QED) is 0.817. The normalized spacial score (nSPS) is 9.35. The first-order valence-corrected chi connectivity index (χ1v) is 4.97. The van der Waals surface area contributed by atoms with Crippen LogP contribution in [0.15, 0.2) is 18.2 Å². The SMILES string of the molecule is CNC(=O)Oc1cccc(OC(=O)NC)c1C. The second kappa shape index (κ2) is 5.74. The van der Waals surface area contributed by atoms with E-state index in [9.17, 15) is 9.59 Å². The molecule has 1 aromatic carbocycles. The van der Waals surface area contributed by atoms with E-state index in [0.717, 1.165) is 0 Å². The lowest BCUT2D eigenvalue weighted by molar-refractivity contribution is 0.200. The van der Waals surface area contributed by atoms with Crippen molar-refractivity contribution in [3.8, 4) is 11.5 Å². The molecule has 0 saturated carbocycles. The first-order chi connectivity index (χ1) is 8.08. The van der Waals surface area contributed by atoms with Crippen molar-refractivity contribution >= 4 is 12.2 Å². The molecular weight excluding hydrogens is 224 g/mol. The van der Waals surface area contributed by atoms with Gasteiger partial charge in [0.2, 0.25) is 0 Å². The maximum Gasteiger partial charge on any atom is 0.412 e. The van der Waals surface area contributed by atoms with Crippen LogP contribution in [0.2, 0.25) is 0 Å². The van der Waals surface area contributed by atoms with Gasteiger partial charge in [0, 0.05) is 19.7 Å². The second-order valence-electron chi connectivity index (χ2n) is 3.16. The molecule has 0 aliphatic heterocycles. The minimum atomic E-state index is -0.579. The number of hydrogen-bond acceptors (Lipinski definition) is 4. The summed E-state index contributed by atoms with van der Waals surface area (Å²) in [7, 11) is 2.92. The van der Waals surface area contributed by atoms with E-state index in [0.29, 0.717) is 17.1 Å². The van der Waals surface area contributed by atoms with Gasteiger partial charge in [0.25, 0.3) is 0 Å². The Hall–Kier alpha value is -2.24. The lowest BCUT2D eigenvalue weighted by Crippen LogP contribution is -2.24. The molecule has 6 heteroatoms. The molecule has 0 saturated heterocycles. The number of rotatable bonds is 2. The molecule has 0 aliphatic carbocycles. The third-order valence-corrected chi connectivity index (χ3v) is 2.05. The molecule has 0 bridgehead atoms. The Bertz CT molecular complexity index is 395. The highest BCUT2D eigenvalue weighted by atomic mass is 16.6. The molecule has 0 aromatic heterocycles. The van der Waals surface area contributed by atoms with Crippen LogP contribution in [0.4, 0.5) is 9.59 Å². The topological polar surface area (TPSA) is 76.7 Å². The van der Waals surface area contributed by atoms with Gasteiger partial charge in [-0.15, -0.1) is 0 Å². The van der Waals surface area contributed by atoms with Gasteiger partial charge in [0.15, 0.2) is 0 Å². The Labute approximate surface area is 98.9 Å². The lowest BCUT2D eigenvalue weighted by atomic mass is 10.2. The fraction of sp³-hybridized carbons (Fsp3) is 0.273. The fourth-order valence-electron chi connectivity index (χ4n) is 1.12. The van der Waals surface area contributed by atoms with Crippen LogP contribution < -0.4 is 20.1 Å². The highest BCUT2D eigenvalue weighted by Crippen LogP contribution is 2.27. The zero-order valence-corrected chi connectivity index (χ0v) is 9.87. The molecule has 2 N–H and O–H groups in total. The molecule has 1 rings (SSSR count). The highest BCUT2D eigenvalue weighted by Gasteiger charge is 2.11. The third kappa shape index (κ3) is 3.37. The third-order valence-electron chi connectivity index (χ3n) is 2.05. The average Bonchev–Trinajstić information content (AvgIpc) is 2.33. The van der Waals surface area contributed by atoms with Crippen molar-refractivity contribution in [3.63, 3.8) is 0 Å². The molecule has 0 heterocycles. The van der Waals surface area contributed by atoms with Crippen LogP contribution in [0.3, 0.4) is 0 Å². The molecular formula is C11H14N2O4. The maximum atomic E-state index is 11.1. The van der Waals surface area contributed by atoms with E-state index in [-0.39, 0.29) is 0 Å². The summed E-state index contributed by atoms with van der Waals surface area (Å²) in [4.78, 5) is 22.1. The fourth-order valence-corrected chi connectivity index (χ4v) is 1.12. The summed E-state index contributed by atoms with van der Waals surface area (Å²) in [5.74, 6) is 0.677. The Morgan fingerprint density at radius 2 is 1.41 bits per heavy atom. The maximum absolute atomic E-state index is 11.1. The van der Waals surface area contributed by atoms with Gasteiger partial charge in [-0.2, -0.15) is 0 Å².